The minimum Gasteiger partial charge on any atom is -0.494 e. The maximum atomic E-state index is 5.55. The van der Waals surface area contributed by atoms with Crippen molar-refractivity contribution in [1.29, 1.82) is 0 Å². The van der Waals surface area contributed by atoms with Gasteiger partial charge in [-0.05, 0) is 48.5 Å². The predicted molar refractivity (Wildman–Crippen MR) is 86.7 cm³/mol. The molecule has 112 valence electrons. The van der Waals surface area contributed by atoms with Crippen molar-refractivity contribution in [2.75, 3.05) is 6.61 Å². The van der Waals surface area contributed by atoms with E-state index < -0.39 is 0 Å². The molecule has 1 N–H and O–H groups in total. The predicted octanol–water partition coefficient (Wildman–Crippen LogP) is 3.74. The molecule has 0 radical (unpaired) electrons. The summed E-state index contributed by atoms with van der Waals surface area (Å²) in [5.74, 6) is 1.94. The zero-order valence-electron chi connectivity index (χ0n) is 12.5. The number of hydrogen-bond donors (Lipinski definition) is 1. The summed E-state index contributed by atoms with van der Waals surface area (Å²) < 4.78 is 7.70. The molecule has 1 aromatic heterocycles. The molecule has 0 saturated carbocycles. The second-order valence-electron chi connectivity index (χ2n) is 5.02. The average molecular weight is 304 g/mol. The minimum absolute atomic E-state index is 0.250. The Morgan fingerprint density at radius 1 is 1.38 bits per heavy atom. The topological polar surface area (TPSA) is 55.2 Å². The van der Waals surface area contributed by atoms with Crippen LogP contribution in [0.15, 0.2) is 29.4 Å². The van der Waals surface area contributed by atoms with Gasteiger partial charge in [-0.1, -0.05) is 20.8 Å². The third-order valence-corrected chi connectivity index (χ3v) is 3.13. The molecule has 0 bridgehead atoms. The monoisotopic (exact) mass is 304 g/mol. The molecule has 0 saturated heterocycles. The van der Waals surface area contributed by atoms with Gasteiger partial charge in [0.1, 0.15) is 5.75 Å². The van der Waals surface area contributed by atoms with Gasteiger partial charge in [-0.15, -0.1) is 0 Å². The van der Waals surface area contributed by atoms with Crippen LogP contribution in [0, 0.1) is 4.77 Å². The molecule has 0 aliphatic heterocycles. The van der Waals surface area contributed by atoms with Crippen LogP contribution in [0.25, 0.3) is 0 Å². The Bertz CT molecular complexity index is 655. The summed E-state index contributed by atoms with van der Waals surface area (Å²) in [6.07, 6.45) is 2.76. The lowest BCUT2D eigenvalue weighted by molar-refractivity contribution is 0.317. The molecule has 5 nitrogen and oxygen atoms in total. The number of benzene rings is 1. The van der Waals surface area contributed by atoms with Crippen LogP contribution in [0.1, 0.15) is 44.5 Å². The van der Waals surface area contributed by atoms with E-state index in [1.165, 1.54) is 0 Å². The van der Waals surface area contributed by atoms with Crippen LogP contribution in [0.2, 0.25) is 0 Å². The number of nitrogens with one attached hydrogen (secondary N) is 1. The zero-order valence-corrected chi connectivity index (χ0v) is 13.4. The van der Waals surface area contributed by atoms with Crippen molar-refractivity contribution in [3.05, 3.63) is 40.4 Å². The molecule has 0 aliphatic rings. The minimum atomic E-state index is 0.250. The van der Waals surface area contributed by atoms with Crippen LogP contribution in [-0.4, -0.2) is 27.7 Å². The highest BCUT2D eigenvalue weighted by Crippen LogP contribution is 2.13. The van der Waals surface area contributed by atoms with Crippen LogP contribution in [-0.2, 0) is 0 Å². The van der Waals surface area contributed by atoms with Crippen molar-refractivity contribution in [3.63, 3.8) is 0 Å². The van der Waals surface area contributed by atoms with Gasteiger partial charge >= 0.3 is 0 Å². The Morgan fingerprint density at radius 2 is 2.10 bits per heavy atom. The lowest BCUT2D eigenvalue weighted by Crippen LogP contribution is -2.01. The first kappa shape index (κ1) is 15.4. The normalized spacial score (nSPS) is 11.4. The van der Waals surface area contributed by atoms with E-state index in [1.807, 2.05) is 24.3 Å². The Labute approximate surface area is 129 Å². The lowest BCUT2D eigenvalue weighted by Gasteiger charge is -2.04. The average Bonchev–Trinajstić information content (AvgIpc) is 2.85. The molecule has 1 aromatic carbocycles. The van der Waals surface area contributed by atoms with Gasteiger partial charge in [-0.3, -0.25) is 5.10 Å². The van der Waals surface area contributed by atoms with E-state index in [4.69, 9.17) is 17.0 Å². The molecule has 0 atom stereocenters. The fourth-order valence-electron chi connectivity index (χ4n) is 1.78. The zero-order chi connectivity index (χ0) is 15.2. The van der Waals surface area contributed by atoms with E-state index in [-0.39, 0.29) is 5.92 Å². The van der Waals surface area contributed by atoms with Crippen molar-refractivity contribution in [2.24, 2.45) is 5.10 Å². The Morgan fingerprint density at radius 3 is 2.71 bits per heavy atom. The molecule has 6 heteroatoms. The van der Waals surface area contributed by atoms with Crippen molar-refractivity contribution in [2.45, 2.75) is 33.1 Å². The summed E-state index contributed by atoms with van der Waals surface area (Å²) in [6.45, 7) is 6.92. The number of ether oxygens (including phenoxy) is 1. The van der Waals surface area contributed by atoms with Crippen molar-refractivity contribution in [1.82, 2.24) is 14.9 Å². The molecular formula is C15H20N4OS. The standard InChI is InChI=1S/C15H20N4OS/c1-4-9-20-13-7-5-12(6-8-13)10-16-19-14(11(2)3)17-18-15(19)21/h5-8,10-11H,4,9H2,1-3H3,(H,18,21)/b16-10-. The van der Waals surface area contributed by atoms with Gasteiger partial charge < -0.3 is 4.74 Å². The number of hydrogen-bond acceptors (Lipinski definition) is 4. The van der Waals surface area contributed by atoms with Crippen LogP contribution in [0.3, 0.4) is 0 Å². The highest BCUT2D eigenvalue weighted by atomic mass is 32.1. The molecular weight excluding hydrogens is 284 g/mol. The number of aromatic nitrogens is 3. The van der Waals surface area contributed by atoms with E-state index in [9.17, 15) is 0 Å². The van der Waals surface area contributed by atoms with Gasteiger partial charge in [-0.2, -0.15) is 14.9 Å². The Kier molecular flexibility index (Phi) is 5.27. The second-order valence-corrected chi connectivity index (χ2v) is 5.40. The summed E-state index contributed by atoms with van der Waals surface area (Å²) in [5, 5.41) is 11.4. The number of H-pyrrole nitrogens is 1. The van der Waals surface area contributed by atoms with Gasteiger partial charge in [0.05, 0.1) is 12.8 Å². The molecule has 2 rings (SSSR count). The van der Waals surface area contributed by atoms with Crippen molar-refractivity contribution < 1.29 is 4.74 Å². The molecule has 0 fully saturated rings. The first-order chi connectivity index (χ1) is 10.1. The fraction of sp³-hybridized carbons (Fsp3) is 0.400. The highest BCUT2D eigenvalue weighted by molar-refractivity contribution is 7.71. The van der Waals surface area contributed by atoms with Crippen LogP contribution in [0.5, 0.6) is 5.75 Å². The lowest BCUT2D eigenvalue weighted by atomic mass is 10.2. The second kappa shape index (κ2) is 7.17. The third-order valence-electron chi connectivity index (χ3n) is 2.87. The third kappa shape index (κ3) is 4.01. The smallest absolute Gasteiger partial charge is 0.216 e. The highest BCUT2D eigenvalue weighted by Gasteiger charge is 2.08. The summed E-state index contributed by atoms with van der Waals surface area (Å²) in [4.78, 5) is 0. The molecule has 0 amide bonds. The van der Waals surface area contributed by atoms with E-state index in [0.717, 1.165) is 30.2 Å². The largest absolute Gasteiger partial charge is 0.494 e. The summed E-state index contributed by atoms with van der Waals surface area (Å²) in [5.41, 5.74) is 0.983. The number of nitrogens with zero attached hydrogens (tertiary/aromatic N) is 3. The van der Waals surface area contributed by atoms with Gasteiger partial charge in [-0.25, -0.2) is 0 Å². The molecule has 0 unspecified atom stereocenters. The first-order valence-corrected chi connectivity index (χ1v) is 7.47. The van der Waals surface area contributed by atoms with Crippen LogP contribution < -0.4 is 4.74 Å². The summed E-state index contributed by atoms with van der Waals surface area (Å²) in [6, 6.07) is 7.81. The van der Waals surface area contributed by atoms with Gasteiger partial charge in [0.2, 0.25) is 4.77 Å². The fourth-order valence-corrected chi connectivity index (χ4v) is 1.97. The van der Waals surface area contributed by atoms with Crippen LogP contribution in [0.4, 0.5) is 0 Å². The SMILES string of the molecule is CCCOc1ccc(/C=N\n2c(C(C)C)n[nH]c2=S)cc1. The van der Waals surface area contributed by atoms with Crippen molar-refractivity contribution >= 4 is 18.4 Å². The quantitative estimate of drug-likeness (QED) is 0.653. The van der Waals surface area contributed by atoms with Gasteiger partial charge in [0.15, 0.2) is 5.82 Å². The Balaban J connectivity index is 2.14. The summed E-state index contributed by atoms with van der Waals surface area (Å²) in [7, 11) is 0. The van der Waals surface area contributed by atoms with E-state index >= 15 is 0 Å². The number of rotatable bonds is 6. The first-order valence-electron chi connectivity index (χ1n) is 7.06. The van der Waals surface area contributed by atoms with Gasteiger partial charge in [0, 0.05) is 5.92 Å². The van der Waals surface area contributed by atoms with E-state index in [1.54, 1.807) is 10.9 Å². The Hall–Kier alpha value is -1.95. The molecule has 2 aromatic rings. The van der Waals surface area contributed by atoms with Crippen LogP contribution >= 0.6 is 12.2 Å². The van der Waals surface area contributed by atoms with Gasteiger partial charge in [0.25, 0.3) is 0 Å². The molecule has 21 heavy (non-hydrogen) atoms. The maximum Gasteiger partial charge on any atom is 0.216 e. The molecule has 0 spiro atoms. The molecule has 0 aliphatic carbocycles. The van der Waals surface area contributed by atoms with E-state index in [2.05, 4.69) is 36.1 Å². The maximum absolute atomic E-state index is 5.55. The molecule has 1 heterocycles. The van der Waals surface area contributed by atoms with Crippen molar-refractivity contribution in [3.8, 4) is 5.75 Å². The summed E-state index contributed by atoms with van der Waals surface area (Å²) >= 11 is 5.19. The van der Waals surface area contributed by atoms with E-state index in [0.29, 0.717) is 4.77 Å². The number of aromatic amines is 1.